The zero-order valence-corrected chi connectivity index (χ0v) is 6.53. The lowest BCUT2D eigenvalue weighted by atomic mass is 10.3. The predicted molar refractivity (Wildman–Crippen MR) is 39.5 cm³/mol. The van der Waals surface area contributed by atoms with Crippen molar-refractivity contribution >= 4 is 15.9 Å². The maximum Gasteiger partial charge on any atom is 0.185 e. The highest BCUT2D eigenvalue weighted by Gasteiger charge is 1.90. The maximum absolute atomic E-state index is 10.8. The fourth-order valence-electron chi connectivity index (χ4n) is 0.519. The van der Waals surface area contributed by atoms with E-state index in [0.29, 0.717) is 0 Å². The van der Waals surface area contributed by atoms with E-state index in [2.05, 4.69) is 20.9 Å². The highest BCUT2D eigenvalue weighted by atomic mass is 79.9. The van der Waals surface area contributed by atoms with Gasteiger partial charge in [-0.3, -0.25) is 4.79 Å². The van der Waals surface area contributed by atoms with Gasteiger partial charge < -0.3 is 4.98 Å². The quantitative estimate of drug-likeness (QED) is 0.614. The first-order chi connectivity index (χ1) is 4.20. The normalized spacial score (nSPS) is 9.56. The van der Waals surface area contributed by atoms with Crippen LogP contribution in [0.4, 0.5) is 0 Å². The van der Waals surface area contributed by atoms with Gasteiger partial charge in [-0.15, -0.1) is 0 Å². The van der Waals surface area contributed by atoms with E-state index in [-0.39, 0.29) is 5.43 Å². The van der Waals surface area contributed by atoms with Crippen LogP contribution >= 0.6 is 15.9 Å². The van der Waals surface area contributed by atoms with Gasteiger partial charge in [0.1, 0.15) is 0 Å². The molecule has 0 fully saturated rings. The molecule has 0 bridgehead atoms. The van der Waals surface area contributed by atoms with Crippen molar-refractivity contribution in [3.63, 3.8) is 0 Å². The van der Waals surface area contributed by atoms with Gasteiger partial charge in [0.25, 0.3) is 0 Å². The van der Waals surface area contributed by atoms with Crippen LogP contribution in [0.2, 0.25) is 0 Å². The van der Waals surface area contributed by atoms with Gasteiger partial charge in [-0.05, 0) is 22.9 Å². The molecule has 1 heterocycles. The minimum absolute atomic E-state index is 0.0561. The summed E-state index contributed by atoms with van der Waals surface area (Å²) in [5, 5.41) is 0. The number of rotatable bonds is 0. The van der Waals surface area contributed by atoms with Gasteiger partial charge in [-0.1, -0.05) is 0 Å². The Hall–Kier alpha value is -0.570. The van der Waals surface area contributed by atoms with Crippen molar-refractivity contribution in [3.05, 3.63) is 32.7 Å². The molecule has 0 aliphatic rings. The topological polar surface area (TPSA) is 32.9 Å². The third-order valence-electron chi connectivity index (χ3n) is 1.07. The standard InChI is InChI=1S/C6H6BrNO/c1-4-3-8-6(7)2-5(4)9/h2-3H,1H3,(H,8,9). The van der Waals surface area contributed by atoms with Gasteiger partial charge in [0.05, 0.1) is 4.60 Å². The van der Waals surface area contributed by atoms with Crippen molar-refractivity contribution in [1.29, 1.82) is 0 Å². The number of aryl methyl sites for hydroxylation is 1. The van der Waals surface area contributed by atoms with Crippen LogP contribution < -0.4 is 5.43 Å². The lowest BCUT2D eigenvalue weighted by Gasteiger charge is -1.89. The molecule has 3 heteroatoms. The van der Waals surface area contributed by atoms with Crippen molar-refractivity contribution in [3.8, 4) is 0 Å². The fraction of sp³-hybridized carbons (Fsp3) is 0.167. The third kappa shape index (κ3) is 1.42. The Balaban J connectivity index is 3.34. The van der Waals surface area contributed by atoms with Crippen LogP contribution in [0.1, 0.15) is 5.56 Å². The van der Waals surface area contributed by atoms with E-state index in [4.69, 9.17) is 0 Å². The Morgan fingerprint density at radius 3 is 2.78 bits per heavy atom. The Labute approximate surface area is 61.0 Å². The van der Waals surface area contributed by atoms with Crippen LogP contribution in [0.15, 0.2) is 21.7 Å². The van der Waals surface area contributed by atoms with Crippen molar-refractivity contribution in [1.82, 2.24) is 4.98 Å². The maximum atomic E-state index is 10.8. The lowest BCUT2D eigenvalue weighted by Crippen LogP contribution is -2.02. The molecule has 48 valence electrons. The second-order valence-corrected chi connectivity index (χ2v) is 2.68. The van der Waals surface area contributed by atoms with E-state index in [1.165, 1.54) is 6.07 Å². The number of nitrogens with one attached hydrogen (secondary N) is 1. The molecule has 1 aromatic rings. The molecular weight excluding hydrogens is 182 g/mol. The molecule has 0 aliphatic carbocycles. The number of aromatic nitrogens is 1. The van der Waals surface area contributed by atoms with Crippen molar-refractivity contribution < 1.29 is 0 Å². The van der Waals surface area contributed by atoms with Crippen LogP contribution in [-0.2, 0) is 0 Å². The number of hydrogen-bond acceptors (Lipinski definition) is 1. The van der Waals surface area contributed by atoms with E-state index < -0.39 is 0 Å². The van der Waals surface area contributed by atoms with E-state index in [1.54, 1.807) is 13.1 Å². The Kier molecular flexibility index (Phi) is 1.71. The minimum Gasteiger partial charge on any atom is -0.356 e. The van der Waals surface area contributed by atoms with Crippen molar-refractivity contribution in [2.24, 2.45) is 0 Å². The summed E-state index contributed by atoms with van der Waals surface area (Å²) in [4.78, 5) is 13.6. The molecule has 0 radical (unpaired) electrons. The van der Waals surface area contributed by atoms with Crippen LogP contribution in [0.25, 0.3) is 0 Å². The third-order valence-corrected chi connectivity index (χ3v) is 1.53. The van der Waals surface area contributed by atoms with Crippen LogP contribution in [-0.4, -0.2) is 4.98 Å². The second-order valence-electron chi connectivity index (χ2n) is 1.83. The number of pyridine rings is 1. The van der Waals surface area contributed by atoms with E-state index in [9.17, 15) is 4.79 Å². The molecule has 0 unspecified atom stereocenters. The molecule has 0 spiro atoms. The van der Waals surface area contributed by atoms with Crippen LogP contribution in [0.5, 0.6) is 0 Å². The molecule has 0 aliphatic heterocycles. The second kappa shape index (κ2) is 2.35. The molecule has 2 nitrogen and oxygen atoms in total. The molecule has 9 heavy (non-hydrogen) atoms. The number of H-pyrrole nitrogens is 1. The monoisotopic (exact) mass is 187 g/mol. The highest BCUT2D eigenvalue weighted by molar-refractivity contribution is 9.10. The summed E-state index contributed by atoms with van der Waals surface area (Å²) in [7, 11) is 0. The number of aromatic amines is 1. The predicted octanol–water partition coefficient (Wildman–Crippen LogP) is 1.45. The Morgan fingerprint density at radius 2 is 2.33 bits per heavy atom. The zero-order valence-electron chi connectivity index (χ0n) is 4.94. The summed E-state index contributed by atoms with van der Waals surface area (Å²) in [6.07, 6.45) is 1.67. The van der Waals surface area contributed by atoms with Gasteiger partial charge in [0.15, 0.2) is 5.43 Å². The van der Waals surface area contributed by atoms with Gasteiger partial charge in [-0.2, -0.15) is 0 Å². The van der Waals surface area contributed by atoms with Gasteiger partial charge in [0.2, 0.25) is 0 Å². The number of halogens is 1. The zero-order chi connectivity index (χ0) is 6.85. The fourth-order valence-corrected chi connectivity index (χ4v) is 0.841. The molecule has 0 atom stereocenters. The molecule has 0 amide bonds. The first kappa shape index (κ1) is 6.55. The Morgan fingerprint density at radius 1 is 1.67 bits per heavy atom. The molecular formula is C6H6BrNO. The summed E-state index contributed by atoms with van der Waals surface area (Å²) in [5.41, 5.74) is 0.791. The van der Waals surface area contributed by atoms with Crippen LogP contribution in [0.3, 0.4) is 0 Å². The smallest absolute Gasteiger partial charge is 0.185 e. The van der Waals surface area contributed by atoms with E-state index >= 15 is 0 Å². The molecule has 0 aromatic carbocycles. The van der Waals surface area contributed by atoms with E-state index in [1.807, 2.05) is 0 Å². The molecule has 0 saturated heterocycles. The average Bonchev–Trinajstić information content (AvgIpc) is 1.80. The largest absolute Gasteiger partial charge is 0.356 e. The molecule has 1 N–H and O–H groups in total. The van der Waals surface area contributed by atoms with Gasteiger partial charge in [-0.25, -0.2) is 0 Å². The molecule has 1 rings (SSSR count). The summed E-state index contributed by atoms with van der Waals surface area (Å²) >= 11 is 3.14. The average molecular weight is 188 g/mol. The summed E-state index contributed by atoms with van der Waals surface area (Å²) < 4.78 is 0.720. The highest BCUT2D eigenvalue weighted by Crippen LogP contribution is 1.99. The summed E-state index contributed by atoms with van der Waals surface area (Å²) in [6, 6.07) is 1.51. The SMILES string of the molecule is Cc1c[nH]c(Br)cc1=O. The summed E-state index contributed by atoms with van der Waals surface area (Å²) in [5.74, 6) is 0. The van der Waals surface area contributed by atoms with Crippen molar-refractivity contribution in [2.45, 2.75) is 6.92 Å². The van der Waals surface area contributed by atoms with Gasteiger partial charge in [0, 0.05) is 17.8 Å². The van der Waals surface area contributed by atoms with Crippen LogP contribution in [0, 0.1) is 6.92 Å². The van der Waals surface area contributed by atoms with Crippen molar-refractivity contribution in [2.75, 3.05) is 0 Å². The Bertz CT molecular complexity index is 266. The lowest BCUT2D eigenvalue weighted by molar-refractivity contribution is 1.20. The minimum atomic E-state index is 0.0561. The summed E-state index contributed by atoms with van der Waals surface area (Å²) in [6.45, 7) is 1.77. The van der Waals surface area contributed by atoms with E-state index in [0.717, 1.165) is 10.2 Å². The first-order valence-corrected chi connectivity index (χ1v) is 3.34. The first-order valence-electron chi connectivity index (χ1n) is 2.55. The van der Waals surface area contributed by atoms with Gasteiger partial charge >= 0.3 is 0 Å². The molecule has 0 saturated carbocycles. The molecule has 1 aromatic heterocycles. The number of hydrogen-bond donors (Lipinski definition) is 1.